The van der Waals surface area contributed by atoms with Crippen LogP contribution in [0.2, 0.25) is 0 Å². The first-order valence-corrected chi connectivity index (χ1v) is 8.87. The second-order valence-corrected chi connectivity index (χ2v) is 6.72. The Morgan fingerprint density at radius 2 is 2.08 bits per heavy atom. The Morgan fingerprint density at radius 3 is 2.88 bits per heavy atom. The van der Waals surface area contributed by atoms with Crippen molar-refractivity contribution in [3.05, 3.63) is 42.1 Å². The van der Waals surface area contributed by atoms with Crippen LogP contribution in [0.1, 0.15) is 18.4 Å². The van der Waals surface area contributed by atoms with Gasteiger partial charge in [-0.05, 0) is 30.5 Å². The fourth-order valence-electron chi connectivity index (χ4n) is 3.66. The van der Waals surface area contributed by atoms with E-state index >= 15 is 0 Å². The monoisotopic (exact) mass is 338 g/mol. The molecule has 2 fully saturated rings. The standard InChI is InChI=1S/C19H22N4O2/c24-18-6-3-11-23(18)15-12-22(13-15)19(25)21-10-8-14-7-9-20-17-5-2-1-4-16(14)17/h1-2,4-5,7,9,15H,3,6,8,10-13H2,(H,21,25). The highest BCUT2D eigenvalue weighted by atomic mass is 16.2. The molecule has 2 saturated heterocycles. The predicted molar refractivity (Wildman–Crippen MR) is 95.2 cm³/mol. The number of para-hydroxylation sites is 1. The first kappa shape index (κ1) is 15.9. The number of carbonyl (C=O) groups is 2. The van der Waals surface area contributed by atoms with Gasteiger partial charge < -0.3 is 15.1 Å². The van der Waals surface area contributed by atoms with Gasteiger partial charge in [-0.1, -0.05) is 18.2 Å². The van der Waals surface area contributed by atoms with Crippen molar-refractivity contribution in [1.82, 2.24) is 20.1 Å². The minimum Gasteiger partial charge on any atom is -0.338 e. The molecule has 6 nitrogen and oxygen atoms in total. The lowest BCUT2D eigenvalue weighted by Gasteiger charge is -2.43. The molecule has 0 aliphatic carbocycles. The van der Waals surface area contributed by atoms with Gasteiger partial charge in [0.25, 0.3) is 0 Å². The second kappa shape index (κ2) is 6.70. The van der Waals surface area contributed by atoms with Gasteiger partial charge in [-0.3, -0.25) is 9.78 Å². The van der Waals surface area contributed by atoms with E-state index in [9.17, 15) is 9.59 Å². The van der Waals surface area contributed by atoms with Crippen LogP contribution in [0.5, 0.6) is 0 Å². The van der Waals surface area contributed by atoms with Crippen LogP contribution >= 0.6 is 0 Å². The fourth-order valence-corrected chi connectivity index (χ4v) is 3.66. The van der Waals surface area contributed by atoms with Crippen molar-refractivity contribution in [2.75, 3.05) is 26.2 Å². The normalized spacial score (nSPS) is 17.8. The fraction of sp³-hybridized carbons (Fsp3) is 0.421. The van der Waals surface area contributed by atoms with E-state index in [0.29, 0.717) is 26.1 Å². The highest BCUT2D eigenvalue weighted by molar-refractivity contribution is 5.82. The Kier molecular flexibility index (Phi) is 4.26. The third-order valence-corrected chi connectivity index (χ3v) is 5.11. The van der Waals surface area contributed by atoms with Crippen molar-refractivity contribution in [2.45, 2.75) is 25.3 Å². The molecule has 2 aromatic rings. The summed E-state index contributed by atoms with van der Waals surface area (Å²) < 4.78 is 0. The highest BCUT2D eigenvalue weighted by Gasteiger charge is 2.38. The number of urea groups is 1. The zero-order valence-corrected chi connectivity index (χ0v) is 14.1. The molecule has 1 aromatic heterocycles. The number of carbonyl (C=O) groups excluding carboxylic acids is 2. The minimum atomic E-state index is -0.0405. The largest absolute Gasteiger partial charge is 0.338 e. The molecule has 25 heavy (non-hydrogen) atoms. The molecule has 6 heteroatoms. The molecule has 3 heterocycles. The van der Waals surface area contributed by atoms with Crippen LogP contribution in [0.25, 0.3) is 10.9 Å². The van der Waals surface area contributed by atoms with Crippen LogP contribution in [0.4, 0.5) is 4.79 Å². The van der Waals surface area contributed by atoms with Crippen molar-refractivity contribution in [2.24, 2.45) is 0 Å². The average Bonchev–Trinajstić information content (AvgIpc) is 3.00. The summed E-state index contributed by atoms with van der Waals surface area (Å²) in [6.07, 6.45) is 4.19. The zero-order chi connectivity index (χ0) is 17.2. The number of amides is 3. The van der Waals surface area contributed by atoms with Crippen molar-refractivity contribution < 1.29 is 9.59 Å². The molecule has 0 spiro atoms. The van der Waals surface area contributed by atoms with Gasteiger partial charge in [0.15, 0.2) is 0 Å². The van der Waals surface area contributed by atoms with Crippen LogP contribution in [-0.4, -0.2) is 58.9 Å². The van der Waals surface area contributed by atoms with Crippen LogP contribution in [0.15, 0.2) is 36.5 Å². The summed E-state index contributed by atoms with van der Waals surface area (Å²) in [6, 6.07) is 10.2. The Hall–Kier alpha value is -2.63. The van der Waals surface area contributed by atoms with Crippen LogP contribution < -0.4 is 5.32 Å². The molecular formula is C19H22N4O2. The van der Waals surface area contributed by atoms with Crippen molar-refractivity contribution in [3.63, 3.8) is 0 Å². The minimum absolute atomic E-state index is 0.0405. The lowest BCUT2D eigenvalue weighted by molar-refractivity contribution is -0.132. The Morgan fingerprint density at radius 1 is 1.24 bits per heavy atom. The number of hydrogen-bond acceptors (Lipinski definition) is 3. The van der Waals surface area contributed by atoms with Gasteiger partial charge in [-0.2, -0.15) is 0 Å². The first-order chi connectivity index (χ1) is 12.2. The molecule has 130 valence electrons. The predicted octanol–water partition coefficient (Wildman–Crippen LogP) is 1.79. The van der Waals surface area contributed by atoms with Crippen LogP contribution in [0.3, 0.4) is 0 Å². The Labute approximate surface area is 146 Å². The van der Waals surface area contributed by atoms with E-state index in [1.54, 1.807) is 4.90 Å². The van der Waals surface area contributed by atoms with Crippen LogP contribution in [-0.2, 0) is 11.2 Å². The topological polar surface area (TPSA) is 65.5 Å². The molecule has 4 rings (SSSR count). The quantitative estimate of drug-likeness (QED) is 0.924. The van der Waals surface area contributed by atoms with Crippen molar-refractivity contribution in [1.29, 1.82) is 0 Å². The van der Waals surface area contributed by atoms with Gasteiger partial charge in [0.05, 0.1) is 11.6 Å². The lowest BCUT2D eigenvalue weighted by atomic mass is 10.1. The molecular weight excluding hydrogens is 316 g/mol. The van der Waals surface area contributed by atoms with Gasteiger partial charge in [-0.25, -0.2) is 4.79 Å². The van der Waals surface area contributed by atoms with E-state index in [2.05, 4.69) is 16.4 Å². The molecule has 1 aromatic carbocycles. The zero-order valence-electron chi connectivity index (χ0n) is 14.1. The Bertz CT molecular complexity index is 796. The maximum absolute atomic E-state index is 12.2. The van der Waals surface area contributed by atoms with Gasteiger partial charge in [0.2, 0.25) is 5.91 Å². The number of hydrogen-bond donors (Lipinski definition) is 1. The number of likely N-dealkylation sites (tertiary alicyclic amines) is 2. The summed E-state index contributed by atoms with van der Waals surface area (Å²) >= 11 is 0. The number of fused-ring (bicyclic) bond motifs is 1. The van der Waals surface area contributed by atoms with E-state index in [-0.39, 0.29) is 18.0 Å². The number of rotatable bonds is 4. The maximum Gasteiger partial charge on any atom is 0.317 e. The summed E-state index contributed by atoms with van der Waals surface area (Å²) in [7, 11) is 0. The number of nitrogens with one attached hydrogen (secondary N) is 1. The molecule has 0 atom stereocenters. The summed E-state index contributed by atoms with van der Waals surface area (Å²) in [6.45, 7) is 2.73. The smallest absolute Gasteiger partial charge is 0.317 e. The van der Waals surface area contributed by atoms with Gasteiger partial charge in [0.1, 0.15) is 0 Å². The number of aromatic nitrogens is 1. The van der Waals surface area contributed by atoms with E-state index < -0.39 is 0 Å². The second-order valence-electron chi connectivity index (χ2n) is 6.72. The summed E-state index contributed by atoms with van der Waals surface area (Å²) in [5, 5.41) is 4.12. The highest BCUT2D eigenvalue weighted by Crippen LogP contribution is 2.21. The van der Waals surface area contributed by atoms with Gasteiger partial charge >= 0.3 is 6.03 Å². The van der Waals surface area contributed by atoms with Crippen molar-refractivity contribution >= 4 is 22.8 Å². The van der Waals surface area contributed by atoms with E-state index in [1.807, 2.05) is 35.4 Å². The van der Waals surface area contributed by atoms with Crippen LogP contribution in [0, 0.1) is 0 Å². The molecule has 2 aliphatic rings. The third kappa shape index (κ3) is 3.16. The number of pyridine rings is 1. The lowest BCUT2D eigenvalue weighted by Crippen LogP contribution is -2.63. The molecule has 0 bridgehead atoms. The summed E-state index contributed by atoms with van der Waals surface area (Å²) in [5.41, 5.74) is 2.17. The van der Waals surface area contributed by atoms with E-state index in [1.165, 1.54) is 5.56 Å². The summed E-state index contributed by atoms with van der Waals surface area (Å²) in [4.78, 5) is 32.0. The molecule has 2 aliphatic heterocycles. The van der Waals surface area contributed by atoms with E-state index in [4.69, 9.17) is 0 Å². The number of nitrogens with zero attached hydrogens (tertiary/aromatic N) is 3. The Balaban J connectivity index is 1.26. The summed E-state index contributed by atoms with van der Waals surface area (Å²) in [5.74, 6) is 0.231. The SMILES string of the molecule is O=C(NCCc1ccnc2ccccc12)N1CC(N2CCCC2=O)C1. The molecule has 3 amide bonds. The first-order valence-electron chi connectivity index (χ1n) is 8.87. The number of benzene rings is 1. The average molecular weight is 338 g/mol. The molecule has 0 radical (unpaired) electrons. The van der Waals surface area contributed by atoms with E-state index in [0.717, 1.165) is 30.3 Å². The van der Waals surface area contributed by atoms with Gasteiger partial charge in [-0.15, -0.1) is 0 Å². The maximum atomic E-state index is 12.2. The van der Waals surface area contributed by atoms with Crippen molar-refractivity contribution in [3.8, 4) is 0 Å². The van der Waals surface area contributed by atoms with Gasteiger partial charge in [0, 0.05) is 44.2 Å². The molecule has 0 unspecified atom stereocenters. The molecule has 1 N–H and O–H groups in total. The molecule has 0 saturated carbocycles. The third-order valence-electron chi connectivity index (χ3n) is 5.11.